The van der Waals surface area contributed by atoms with E-state index in [1.807, 2.05) is 49.4 Å². The summed E-state index contributed by atoms with van der Waals surface area (Å²) in [5.41, 5.74) is 0.805. The lowest BCUT2D eigenvalue weighted by molar-refractivity contribution is -0.115. The first-order valence-electron chi connectivity index (χ1n) is 7.34. The van der Waals surface area contributed by atoms with Crippen molar-refractivity contribution in [2.45, 2.75) is 17.1 Å². The summed E-state index contributed by atoms with van der Waals surface area (Å²) >= 11 is 1.41. The summed E-state index contributed by atoms with van der Waals surface area (Å²) in [6.45, 7) is 1.84. The Morgan fingerprint density at radius 2 is 1.70 bits per heavy atom. The van der Waals surface area contributed by atoms with Crippen molar-refractivity contribution >= 4 is 34.1 Å². The number of thioether (sulfide) groups is 1. The molecule has 0 saturated carbocycles. The van der Waals surface area contributed by atoms with Crippen molar-refractivity contribution in [2.24, 2.45) is 0 Å². The fourth-order valence-electron chi connectivity index (χ4n) is 2.34. The van der Waals surface area contributed by atoms with Gasteiger partial charge in [-0.15, -0.1) is 11.8 Å². The lowest BCUT2D eigenvalue weighted by Crippen LogP contribution is -2.22. The Morgan fingerprint density at radius 3 is 2.48 bits per heavy atom. The van der Waals surface area contributed by atoms with E-state index < -0.39 is 0 Å². The SMILES string of the molecule is C[C@@H](Sc1ccc(F)cc1)C(=O)Nc1cccc2ccccc12. The van der Waals surface area contributed by atoms with Crippen LogP contribution in [0.4, 0.5) is 10.1 Å². The molecule has 2 nitrogen and oxygen atoms in total. The van der Waals surface area contributed by atoms with E-state index in [0.717, 1.165) is 21.4 Å². The van der Waals surface area contributed by atoms with Crippen molar-refractivity contribution in [3.05, 3.63) is 72.5 Å². The number of fused-ring (bicyclic) bond motifs is 1. The Kier molecular flexibility index (Phi) is 4.63. The molecule has 0 aliphatic heterocycles. The third kappa shape index (κ3) is 3.71. The number of carbonyl (C=O) groups is 1. The Bertz CT molecular complexity index is 827. The molecular formula is C19H16FNOS. The normalized spacial score (nSPS) is 12.1. The molecule has 0 fully saturated rings. The number of amides is 1. The van der Waals surface area contributed by atoms with E-state index in [4.69, 9.17) is 0 Å². The molecule has 0 aliphatic rings. The van der Waals surface area contributed by atoms with Gasteiger partial charge in [0.1, 0.15) is 5.82 Å². The molecule has 0 saturated heterocycles. The van der Waals surface area contributed by atoms with E-state index in [1.54, 1.807) is 12.1 Å². The molecule has 0 aromatic heterocycles. The standard InChI is InChI=1S/C19H16FNOS/c1-13(23-16-11-9-15(20)10-12-16)19(22)21-18-8-4-6-14-5-2-3-7-17(14)18/h2-13H,1H3,(H,21,22)/t13-/m1/s1. The first-order chi connectivity index (χ1) is 11.1. The minimum absolute atomic E-state index is 0.0734. The molecule has 3 aromatic carbocycles. The van der Waals surface area contributed by atoms with Gasteiger partial charge >= 0.3 is 0 Å². The lowest BCUT2D eigenvalue weighted by Gasteiger charge is -2.13. The number of hydrogen-bond acceptors (Lipinski definition) is 2. The summed E-state index contributed by atoms with van der Waals surface area (Å²) in [6, 6.07) is 19.9. The molecule has 4 heteroatoms. The zero-order valence-corrected chi connectivity index (χ0v) is 13.4. The monoisotopic (exact) mass is 325 g/mol. The molecule has 116 valence electrons. The molecule has 0 spiro atoms. The first kappa shape index (κ1) is 15.6. The second-order valence-electron chi connectivity index (χ2n) is 5.23. The van der Waals surface area contributed by atoms with Gasteiger partial charge in [-0.1, -0.05) is 36.4 Å². The predicted octanol–water partition coefficient (Wildman–Crippen LogP) is 5.10. The summed E-state index contributed by atoms with van der Waals surface area (Å²) in [7, 11) is 0. The topological polar surface area (TPSA) is 29.1 Å². The van der Waals surface area contributed by atoms with Crippen LogP contribution < -0.4 is 5.32 Å². The van der Waals surface area contributed by atoms with E-state index in [-0.39, 0.29) is 17.0 Å². The maximum atomic E-state index is 12.9. The van der Waals surface area contributed by atoms with Crippen LogP contribution in [-0.4, -0.2) is 11.2 Å². The third-order valence-corrected chi connectivity index (χ3v) is 4.66. The van der Waals surface area contributed by atoms with Crippen LogP contribution in [0.3, 0.4) is 0 Å². The highest BCUT2D eigenvalue weighted by molar-refractivity contribution is 8.00. The van der Waals surface area contributed by atoms with E-state index in [0.29, 0.717) is 0 Å². The molecule has 1 atom stereocenters. The Balaban J connectivity index is 1.74. The Labute approximate surface area is 138 Å². The van der Waals surface area contributed by atoms with Gasteiger partial charge in [0.2, 0.25) is 5.91 Å². The fourth-order valence-corrected chi connectivity index (χ4v) is 3.21. The van der Waals surface area contributed by atoms with Gasteiger partial charge in [0.05, 0.1) is 5.25 Å². The highest BCUT2D eigenvalue weighted by Gasteiger charge is 2.15. The third-order valence-electron chi connectivity index (χ3n) is 3.54. The average Bonchev–Trinajstić information content (AvgIpc) is 2.57. The van der Waals surface area contributed by atoms with Gasteiger partial charge in [0.25, 0.3) is 0 Å². The van der Waals surface area contributed by atoms with Crippen molar-refractivity contribution in [3.63, 3.8) is 0 Å². The van der Waals surface area contributed by atoms with Crippen LogP contribution in [0.15, 0.2) is 71.6 Å². The van der Waals surface area contributed by atoms with Crippen molar-refractivity contribution < 1.29 is 9.18 Å². The highest BCUT2D eigenvalue weighted by Crippen LogP contribution is 2.27. The summed E-state index contributed by atoms with van der Waals surface area (Å²) in [5, 5.41) is 4.81. The van der Waals surface area contributed by atoms with Crippen molar-refractivity contribution in [1.29, 1.82) is 0 Å². The molecule has 0 radical (unpaired) electrons. The van der Waals surface area contributed by atoms with Crippen LogP contribution in [-0.2, 0) is 4.79 Å². The lowest BCUT2D eigenvalue weighted by atomic mass is 10.1. The molecular weight excluding hydrogens is 309 g/mol. The molecule has 3 aromatic rings. The summed E-state index contributed by atoms with van der Waals surface area (Å²) in [6.07, 6.45) is 0. The van der Waals surface area contributed by atoms with Gasteiger partial charge in [-0.3, -0.25) is 4.79 Å². The van der Waals surface area contributed by atoms with Crippen LogP contribution in [0.5, 0.6) is 0 Å². The molecule has 1 amide bonds. The number of halogens is 1. The average molecular weight is 325 g/mol. The van der Waals surface area contributed by atoms with E-state index in [2.05, 4.69) is 5.32 Å². The number of hydrogen-bond donors (Lipinski definition) is 1. The minimum Gasteiger partial charge on any atom is -0.325 e. The first-order valence-corrected chi connectivity index (χ1v) is 8.22. The summed E-state index contributed by atoms with van der Waals surface area (Å²) in [4.78, 5) is 13.3. The van der Waals surface area contributed by atoms with Gasteiger partial charge in [0.15, 0.2) is 0 Å². The highest BCUT2D eigenvalue weighted by atomic mass is 32.2. The van der Waals surface area contributed by atoms with Crippen LogP contribution in [0, 0.1) is 5.82 Å². The molecule has 1 N–H and O–H groups in total. The second kappa shape index (κ2) is 6.84. The molecule has 0 unspecified atom stereocenters. The van der Waals surface area contributed by atoms with Crippen molar-refractivity contribution in [2.75, 3.05) is 5.32 Å². The van der Waals surface area contributed by atoms with Gasteiger partial charge in [-0.25, -0.2) is 4.39 Å². The number of benzene rings is 3. The molecule has 23 heavy (non-hydrogen) atoms. The predicted molar refractivity (Wildman–Crippen MR) is 94.3 cm³/mol. The second-order valence-corrected chi connectivity index (χ2v) is 6.64. The maximum Gasteiger partial charge on any atom is 0.237 e. The zero-order valence-electron chi connectivity index (χ0n) is 12.6. The number of anilines is 1. The van der Waals surface area contributed by atoms with E-state index >= 15 is 0 Å². The van der Waals surface area contributed by atoms with Gasteiger partial charge in [0, 0.05) is 16.0 Å². The van der Waals surface area contributed by atoms with Crippen LogP contribution in [0.2, 0.25) is 0 Å². The van der Waals surface area contributed by atoms with Crippen molar-refractivity contribution in [1.82, 2.24) is 0 Å². The number of carbonyl (C=O) groups excluding carboxylic acids is 1. The fraction of sp³-hybridized carbons (Fsp3) is 0.105. The van der Waals surface area contributed by atoms with Crippen LogP contribution in [0.1, 0.15) is 6.92 Å². The molecule has 3 rings (SSSR count). The van der Waals surface area contributed by atoms with Gasteiger partial charge in [-0.05, 0) is 42.6 Å². The number of rotatable bonds is 4. The zero-order chi connectivity index (χ0) is 16.2. The molecule has 0 bridgehead atoms. The largest absolute Gasteiger partial charge is 0.325 e. The quantitative estimate of drug-likeness (QED) is 0.676. The van der Waals surface area contributed by atoms with Crippen molar-refractivity contribution in [3.8, 4) is 0 Å². The minimum atomic E-state index is -0.278. The van der Waals surface area contributed by atoms with Gasteiger partial charge < -0.3 is 5.32 Å². The van der Waals surface area contributed by atoms with Crippen LogP contribution in [0.25, 0.3) is 10.8 Å². The molecule has 0 aliphatic carbocycles. The van der Waals surface area contributed by atoms with Gasteiger partial charge in [-0.2, -0.15) is 0 Å². The smallest absolute Gasteiger partial charge is 0.237 e. The summed E-state index contributed by atoms with van der Waals surface area (Å²) < 4.78 is 12.9. The Hall–Kier alpha value is -2.33. The van der Waals surface area contributed by atoms with E-state index in [1.165, 1.54) is 23.9 Å². The summed E-state index contributed by atoms with van der Waals surface area (Å²) in [5.74, 6) is -0.349. The Morgan fingerprint density at radius 1 is 1.00 bits per heavy atom. The molecule has 0 heterocycles. The number of nitrogens with one attached hydrogen (secondary N) is 1. The maximum absolute atomic E-state index is 12.9. The van der Waals surface area contributed by atoms with E-state index in [9.17, 15) is 9.18 Å². The van der Waals surface area contributed by atoms with Crippen LogP contribution >= 0.6 is 11.8 Å².